The van der Waals surface area contributed by atoms with Crippen LogP contribution in [0.1, 0.15) is 35.7 Å². The summed E-state index contributed by atoms with van der Waals surface area (Å²) in [6, 6.07) is 7.38. The largest absolute Gasteiger partial charge is 0.449 e. The summed E-state index contributed by atoms with van der Waals surface area (Å²) < 4.78 is 5.66. The third-order valence-corrected chi connectivity index (χ3v) is 4.00. The average molecular weight is 274 g/mol. The molecule has 0 aliphatic carbocycles. The summed E-state index contributed by atoms with van der Waals surface area (Å²) in [5, 5.41) is 2.80. The fraction of sp³-hybridized carbons (Fsp3) is 0.467. The molecule has 0 bridgehead atoms. The summed E-state index contributed by atoms with van der Waals surface area (Å²) in [5.74, 6) is -0.279. The number of benzene rings is 1. The van der Waals surface area contributed by atoms with Crippen LogP contribution < -0.4 is 5.32 Å². The van der Waals surface area contributed by atoms with Crippen molar-refractivity contribution in [3.8, 4) is 0 Å². The number of ether oxygens (including phenoxy) is 1. The molecular weight excluding hydrogens is 256 g/mol. The summed E-state index contributed by atoms with van der Waals surface area (Å²) in [6.45, 7) is 3.62. The van der Waals surface area contributed by atoms with Crippen molar-refractivity contribution in [2.24, 2.45) is 0 Å². The van der Waals surface area contributed by atoms with Gasteiger partial charge in [-0.2, -0.15) is 0 Å². The molecule has 1 N–H and O–H groups in total. The van der Waals surface area contributed by atoms with E-state index in [4.69, 9.17) is 4.74 Å². The van der Waals surface area contributed by atoms with E-state index in [1.54, 1.807) is 11.0 Å². The second-order valence-corrected chi connectivity index (χ2v) is 5.29. The molecule has 1 saturated heterocycles. The van der Waals surface area contributed by atoms with Crippen LogP contribution in [0.2, 0.25) is 0 Å². The van der Waals surface area contributed by atoms with Crippen LogP contribution in [0.3, 0.4) is 0 Å². The van der Waals surface area contributed by atoms with Crippen molar-refractivity contribution in [1.82, 2.24) is 10.2 Å². The molecule has 2 aliphatic rings. The Balaban J connectivity index is 1.90. The van der Waals surface area contributed by atoms with E-state index in [1.807, 2.05) is 25.1 Å². The molecule has 5 nitrogen and oxygen atoms in total. The van der Waals surface area contributed by atoms with Crippen LogP contribution in [0.15, 0.2) is 24.3 Å². The molecule has 1 spiro atoms. The van der Waals surface area contributed by atoms with E-state index in [0.29, 0.717) is 25.2 Å². The van der Waals surface area contributed by atoms with Crippen molar-refractivity contribution in [3.05, 3.63) is 35.4 Å². The van der Waals surface area contributed by atoms with Gasteiger partial charge in [-0.15, -0.1) is 0 Å². The average Bonchev–Trinajstić information content (AvgIpc) is 2.73. The Kier molecular flexibility index (Phi) is 3.12. The van der Waals surface area contributed by atoms with Gasteiger partial charge in [-0.25, -0.2) is 9.59 Å². The van der Waals surface area contributed by atoms with Gasteiger partial charge in [0.1, 0.15) is 0 Å². The van der Waals surface area contributed by atoms with E-state index >= 15 is 0 Å². The maximum atomic E-state index is 12.0. The minimum Gasteiger partial charge on any atom is -0.449 e. The molecule has 20 heavy (non-hydrogen) atoms. The number of hydrogen-bond acceptors (Lipinski definition) is 3. The van der Waals surface area contributed by atoms with Gasteiger partial charge in [-0.3, -0.25) is 0 Å². The summed E-state index contributed by atoms with van der Waals surface area (Å²) in [5.41, 5.74) is 0.890. The van der Waals surface area contributed by atoms with E-state index < -0.39 is 5.60 Å². The van der Waals surface area contributed by atoms with Gasteiger partial charge in [0, 0.05) is 18.7 Å². The number of urea groups is 1. The molecule has 0 unspecified atom stereocenters. The number of likely N-dealkylation sites (tertiary alicyclic amines) is 1. The number of nitrogens with one attached hydrogen (secondary N) is 1. The van der Waals surface area contributed by atoms with Gasteiger partial charge in [0.25, 0.3) is 0 Å². The molecule has 1 atom stereocenters. The van der Waals surface area contributed by atoms with E-state index in [0.717, 1.165) is 18.4 Å². The highest BCUT2D eigenvalue weighted by atomic mass is 16.6. The molecule has 1 fully saturated rings. The number of carbonyl (C=O) groups is 2. The van der Waals surface area contributed by atoms with Crippen LogP contribution in [0, 0.1) is 0 Å². The van der Waals surface area contributed by atoms with Crippen molar-refractivity contribution in [3.63, 3.8) is 0 Å². The van der Waals surface area contributed by atoms with E-state index in [9.17, 15) is 9.59 Å². The predicted octanol–water partition coefficient (Wildman–Crippen LogP) is 1.88. The molecule has 0 radical (unpaired) electrons. The molecule has 1 aromatic carbocycles. The zero-order chi connectivity index (χ0) is 14.2. The minimum atomic E-state index is -0.656. The maximum Gasteiger partial charge on any atom is 0.339 e. The van der Waals surface area contributed by atoms with E-state index in [-0.39, 0.29) is 12.0 Å². The summed E-state index contributed by atoms with van der Waals surface area (Å²) in [4.78, 5) is 25.7. The van der Waals surface area contributed by atoms with Crippen molar-refractivity contribution in [1.29, 1.82) is 0 Å². The first kappa shape index (κ1) is 13.0. The predicted molar refractivity (Wildman–Crippen MR) is 73.4 cm³/mol. The Labute approximate surface area is 117 Å². The Morgan fingerprint density at radius 3 is 3.05 bits per heavy atom. The minimum absolute atomic E-state index is 0.0907. The molecule has 1 aromatic rings. The van der Waals surface area contributed by atoms with Gasteiger partial charge in [-0.05, 0) is 25.8 Å². The van der Waals surface area contributed by atoms with Crippen molar-refractivity contribution in [2.45, 2.75) is 25.4 Å². The fourth-order valence-electron chi connectivity index (χ4n) is 3.11. The highest BCUT2D eigenvalue weighted by molar-refractivity contribution is 5.95. The zero-order valence-electron chi connectivity index (χ0n) is 11.5. The Morgan fingerprint density at radius 1 is 1.45 bits per heavy atom. The second kappa shape index (κ2) is 4.81. The zero-order valence-corrected chi connectivity index (χ0v) is 11.5. The van der Waals surface area contributed by atoms with Gasteiger partial charge in [0.2, 0.25) is 0 Å². The van der Waals surface area contributed by atoms with Gasteiger partial charge >= 0.3 is 12.0 Å². The van der Waals surface area contributed by atoms with Crippen LogP contribution >= 0.6 is 0 Å². The smallest absolute Gasteiger partial charge is 0.339 e. The Hall–Kier alpha value is -2.04. The molecule has 0 saturated carbocycles. The quantitative estimate of drug-likeness (QED) is 0.795. The van der Waals surface area contributed by atoms with E-state index in [2.05, 4.69) is 5.32 Å². The SMILES string of the molecule is CCNC(=O)N1CCC[C@]2(C1)OC(=O)c1ccccc12. The topological polar surface area (TPSA) is 58.6 Å². The lowest BCUT2D eigenvalue weighted by Crippen LogP contribution is -2.51. The number of esters is 1. The van der Waals surface area contributed by atoms with Gasteiger partial charge in [-0.1, -0.05) is 18.2 Å². The molecule has 5 heteroatoms. The van der Waals surface area contributed by atoms with Gasteiger partial charge in [0.15, 0.2) is 5.60 Å². The van der Waals surface area contributed by atoms with Crippen LogP contribution in [-0.4, -0.2) is 36.5 Å². The van der Waals surface area contributed by atoms with Crippen LogP contribution in [0.4, 0.5) is 4.79 Å². The van der Waals surface area contributed by atoms with Crippen LogP contribution in [-0.2, 0) is 10.3 Å². The number of carbonyl (C=O) groups excluding carboxylic acids is 2. The maximum absolute atomic E-state index is 12.0. The third kappa shape index (κ3) is 1.94. The molecular formula is C15H18N2O3. The van der Waals surface area contributed by atoms with Crippen LogP contribution in [0.25, 0.3) is 0 Å². The third-order valence-electron chi connectivity index (χ3n) is 4.00. The Bertz CT molecular complexity index is 558. The first-order valence-electron chi connectivity index (χ1n) is 7.02. The lowest BCUT2D eigenvalue weighted by atomic mass is 9.85. The monoisotopic (exact) mass is 274 g/mol. The number of amides is 2. The molecule has 3 rings (SSSR count). The lowest BCUT2D eigenvalue weighted by molar-refractivity contribution is -0.0409. The fourth-order valence-corrected chi connectivity index (χ4v) is 3.11. The van der Waals surface area contributed by atoms with Crippen molar-refractivity contribution >= 4 is 12.0 Å². The second-order valence-electron chi connectivity index (χ2n) is 5.29. The lowest BCUT2D eigenvalue weighted by Gasteiger charge is -2.39. The molecule has 0 aromatic heterocycles. The van der Waals surface area contributed by atoms with Gasteiger partial charge < -0.3 is 15.0 Å². The molecule has 2 amide bonds. The van der Waals surface area contributed by atoms with E-state index in [1.165, 1.54) is 0 Å². The summed E-state index contributed by atoms with van der Waals surface area (Å²) in [6.07, 6.45) is 1.60. The van der Waals surface area contributed by atoms with Crippen molar-refractivity contribution < 1.29 is 14.3 Å². The molecule has 2 heterocycles. The molecule has 106 valence electrons. The van der Waals surface area contributed by atoms with Crippen LogP contribution in [0.5, 0.6) is 0 Å². The number of piperidine rings is 1. The summed E-state index contributed by atoms with van der Waals surface area (Å²) in [7, 11) is 0. The highest BCUT2D eigenvalue weighted by Gasteiger charge is 2.48. The standard InChI is InChI=1S/C15H18N2O3/c1-2-16-14(19)17-9-5-8-15(10-17)12-7-4-3-6-11(12)13(18)20-15/h3-4,6-7H,2,5,8-10H2,1H3,(H,16,19)/t15-/m1/s1. The number of hydrogen-bond donors (Lipinski definition) is 1. The summed E-state index contributed by atoms with van der Waals surface area (Å²) >= 11 is 0. The van der Waals surface area contributed by atoms with Crippen molar-refractivity contribution in [2.75, 3.05) is 19.6 Å². The first-order valence-corrected chi connectivity index (χ1v) is 7.02. The number of fused-ring (bicyclic) bond motifs is 2. The number of rotatable bonds is 1. The van der Waals surface area contributed by atoms with Gasteiger partial charge in [0.05, 0.1) is 12.1 Å². The molecule has 2 aliphatic heterocycles. The highest BCUT2D eigenvalue weighted by Crippen LogP contribution is 2.42. The first-order chi connectivity index (χ1) is 9.66. The number of nitrogens with zero attached hydrogens (tertiary/aromatic N) is 1. The Morgan fingerprint density at radius 2 is 2.25 bits per heavy atom. The normalized spacial score (nSPS) is 24.4.